The Kier molecular flexibility index (Phi) is 4.07. The van der Waals surface area contributed by atoms with Crippen molar-refractivity contribution in [3.8, 4) is 0 Å². The Hall–Kier alpha value is -1.72. The third-order valence-electron chi connectivity index (χ3n) is 2.91. The number of nitrogens with zero attached hydrogens (tertiary/aromatic N) is 2. The van der Waals surface area contributed by atoms with Gasteiger partial charge in [0, 0.05) is 32.3 Å². The van der Waals surface area contributed by atoms with Gasteiger partial charge in [-0.15, -0.1) is 0 Å². The Morgan fingerprint density at radius 3 is 2.39 bits per heavy atom. The van der Waals surface area contributed by atoms with Gasteiger partial charge in [0.25, 0.3) is 0 Å². The molecule has 0 bridgehead atoms. The number of piperazine rings is 1. The van der Waals surface area contributed by atoms with E-state index in [1.54, 1.807) is 28.1 Å². The molecular weight excluding hydrogens is 233 g/mol. The molecule has 1 aromatic carbocycles. The summed E-state index contributed by atoms with van der Waals surface area (Å²) in [4.78, 5) is 13.6. The number of amides is 1. The van der Waals surface area contributed by atoms with E-state index in [0.29, 0.717) is 26.2 Å². The standard InChI is InChI=1S/C13H16FN3O/c14-12-4-1-11(2-5-12)3-6-13(18)16-7-9-17(15)10-8-16/h1-6H,7-10,15H2/b6-3+. The van der Waals surface area contributed by atoms with Crippen molar-refractivity contribution in [3.63, 3.8) is 0 Å². The summed E-state index contributed by atoms with van der Waals surface area (Å²) >= 11 is 0. The molecule has 96 valence electrons. The van der Waals surface area contributed by atoms with E-state index in [1.165, 1.54) is 18.2 Å². The lowest BCUT2D eigenvalue weighted by Crippen LogP contribution is -2.50. The van der Waals surface area contributed by atoms with E-state index in [1.807, 2.05) is 0 Å². The molecule has 0 aromatic heterocycles. The number of hydrogen-bond donors (Lipinski definition) is 1. The molecule has 0 spiro atoms. The van der Waals surface area contributed by atoms with Crippen LogP contribution in [0, 0.1) is 5.82 Å². The first kappa shape index (κ1) is 12.7. The van der Waals surface area contributed by atoms with Gasteiger partial charge in [0.05, 0.1) is 0 Å². The van der Waals surface area contributed by atoms with Gasteiger partial charge in [-0.1, -0.05) is 12.1 Å². The lowest BCUT2D eigenvalue weighted by molar-refractivity contribution is -0.127. The minimum absolute atomic E-state index is 0.0348. The van der Waals surface area contributed by atoms with Crippen LogP contribution >= 0.6 is 0 Å². The Bertz CT molecular complexity index is 436. The second-order valence-electron chi connectivity index (χ2n) is 4.25. The van der Waals surface area contributed by atoms with E-state index in [0.717, 1.165) is 5.56 Å². The van der Waals surface area contributed by atoms with Crippen molar-refractivity contribution < 1.29 is 9.18 Å². The second kappa shape index (κ2) is 5.75. The minimum atomic E-state index is -0.280. The van der Waals surface area contributed by atoms with E-state index >= 15 is 0 Å². The van der Waals surface area contributed by atoms with Gasteiger partial charge >= 0.3 is 0 Å². The monoisotopic (exact) mass is 249 g/mol. The smallest absolute Gasteiger partial charge is 0.246 e. The maximum atomic E-state index is 12.7. The number of benzene rings is 1. The third-order valence-corrected chi connectivity index (χ3v) is 2.91. The molecule has 1 saturated heterocycles. The summed E-state index contributed by atoms with van der Waals surface area (Å²) in [7, 11) is 0. The van der Waals surface area contributed by atoms with Crippen LogP contribution in [0.1, 0.15) is 5.56 Å². The van der Waals surface area contributed by atoms with Gasteiger partial charge in [-0.2, -0.15) is 0 Å². The molecule has 0 atom stereocenters. The van der Waals surface area contributed by atoms with E-state index in [-0.39, 0.29) is 11.7 Å². The number of carbonyl (C=O) groups is 1. The summed E-state index contributed by atoms with van der Waals surface area (Å²) in [5.74, 6) is 5.30. The van der Waals surface area contributed by atoms with Crippen LogP contribution in [0.25, 0.3) is 6.08 Å². The van der Waals surface area contributed by atoms with Crippen LogP contribution in [0.2, 0.25) is 0 Å². The highest BCUT2D eigenvalue weighted by atomic mass is 19.1. The number of hydrogen-bond acceptors (Lipinski definition) is 3. The van der Waals surface area contributed by atoms with Crippen LogP contribution < -0.4 is 5.84 Å². The van der Waals surface area contributed by atoms with Gasteiger partial charge in [-0.25, -0.2) is 9.40 Å². The molecule has 2 rings (SSSR count). The Labute approximate surface area is 105 Å². The number of carbonyl (C=O) groups excluding carboxylic acids is 1. The zero-order valence-electron chi connectivity index (χ0n) is 10.1. The molecule has 1 heterocycles. The van der Waals surface area contributed by atoms with E-state index in [4.69, 9.17) is 5.84 Å². The largest absolute Gasteiger partial charge is 0.336 e. The molecule has 1 fully saturated rings. The molecule has 1 aliphatic rings. The molecule has 1 amide bonds. The van der Waals surface area contributed by atoms with Crippen LogP contribution in [0.15, 0.2) is 30.3 Å². The van der Waals surface area contributed by atoms with Crippen LogP contribution in [-0.4, -0.2) is 42.0 Å². The highest BCUT2D eigenvalue weighted by Gasteiger charge is 2.16. The van der Waals surface area contributed by atoms with E-state index in [2.05, 4.69) is 0 Å². The SMILES string of the molecule is NN1CCN(C(=O)/C=C/c2ccc(F)cc2)CC1. The number of halogens is 1. The summed E-state index contributed by atoms with van der Waals surface area (Å²) in [6.45, 7) is 2.67. The fourth-order valence-electron chi connectivity index (χ4n) is 1.79. The van der Waals surface area contributed by atoms with Gasteiger partial charge < -0.3 is 4.90 Å². The fraction of sp³-hybridized carbons (Fsp3) is 0.308. The Balaban J connectivity index is 1.92. The molecule has 0 aliphatic carbocycles. The molecule has 0 unspecified atom stereocenters. The van der Waals surface area contributed by atoms with Crippen molar-refractivity contribution in [2.45, 2.75) is 0 Å². The van der Waals surface area contributed by atoms with E-state index in [9.17, 15) is 9.18 Å². The van der Waals surface area contributed by atoms with Gasteiger partial charge in [-0.3, -0.25) is 10.6 Å². The number of rotatable bonds is 2. The summed E-state index contributed by atoms with van der Waals surface area (Å²) < 4.78 is 12.7. The van der Waals surface area contributed by atoms with Crippen LogP contribution in [-0.2, 0) is 4.79 Å². The van der Waals surface area contributed by atoms with Gasteiger partial charge in [-0.05, 0) is 23.8 Å². The maximum absolute atomic E-state index is 12.7. The molecule has 1 aromatic rings. The molecule has 18 heavy (non-hydrogen) atoms. The normalized spacial score (nSPS) is 17.3. The molecule has 0 radical (unpaired) electrons. The maximum Gasteiger partial charge on any atom is 0.246 e. The zero-order valence-corrected chi connectivity index (χ0v) is 10.1. The molecule has 2 N–H and O–H groups in total. The fourth-order valence-corrected chi connectivity index (χ4v) is 1.79. The van der Waals surface area contributed by atoms with Gasteiger partial charge in [0.2, 0.25) is 5.91 Å². The van der Waals surface area contributed by atoms with Crippen molar-refractivity contribution in [2.24, 2.45) is 5.84 Å². The summed E-state index contributed by atoms with van der Waals surface area (Å²) in [6.07, 6.45) is 3.20. The number of hydrazine groups is 1. The van der Waals surface area contributed by atoms with Crippen LogP contribution in [0.3, 0.4) is 0 Å². The van der Waals surface area contributed by atoms with Crippen molar-refractivity contribution in [1.82, 2.24) is 9.91 Å². The van der Waals surface area contributed by atoms with Gasteiger partial charge in [0.1, 0.15) is 5.82 Å². The highest BCUT2D eigenvalue weighted by Crippen LogP contribution is 2.06. The number of nitrogens with two attached hydrogens (primary N) is 1. The average molecular weight is 249 g/mol. The summed E-state index contributed by atoms with van der Waals surface area (Å²) in [5.41, 5.74) is 0.808. The summed E-state index contributed by atoms with van der Waals surface area (Å²) in [6, 6.07) is 6.02. The minimum Gasteiger partial charge on any atom is -0.336 e. The first-order valence-corrected chi connectivity index (χ1v) is 5.87. The quantitative estimate of drug-likeness (QED) is 0.624. The van der Waals surface area contributed by atoms with Crippen LogP contribution in [0.4, 0.5) is 4.39 Å². The topological polar surface area (TPSA) is 49.6 Å². The molecule has 1 aliphatic heterocycles. The van der Waals surface area contributed by atoms with Crippen molar-refractivity contribution in [1.29, 1.82) is 0 Å². The van der Waals surface area contributed by atoms with Crippen LogP contribution in [0.5, 0.6) is 0 Å². The highest BCUT2D eigenvalue weighted by molar-refractivity contribution is 5.91. The van der Waals surface area contributed by atoms with E-state index < -0.39 is 0 Å². The third kappa shape index (κ3) is 3.38. The van der Waals surface area contributed by atoms with Gasteiger partial charge in [0.15, 0.2) is 0 Å². The molecule has 5 heteroatoms. The molecule has 4 nitrogen and oxygen atoms in total. The van der Waals surface area contributed by atoms with Crippen molar-refractivity contribution in [2.75, 3.05) is 26.2 Å². The van der Waals surface area contributed by atoms with Crippen molar-refractivity contribution in [3.05, 3.63) is 41.7 Å². The Morgan fingerprint density at radius 2 is 1.78 bits per heavy atom. The lowest BCUT2D eigenvalue weighted by atomic mass is 10.2. The average Bonchev–Trinajstić information content (AvgIpc) is 2.38. The predicted octanol–water partition coefficient (Wildman–Crippen LogP) is 0.857. The van der Waals surface area contributed by atoms with Crippen molar-refractivity contribution >= 4 is 12.0 Å². The summed E-state index contributed by atoms with van der Waals surface area (Å²) in [5, 5.41) is 1.70. The molecular formula is C13H16FN3O. The lowest BCUT2D eigenvalue weighted by Gasteiger charge is -2.31. The Morgan fingerprint density at radius 1 is 1.17 bits per heavy atom. The second-order valence-corrected chi connectivity index (χ2v) is 4.25. The zero-order chi connectivity index (χ0) is 13.0. The first-order chi connectivity index (χ1) is 8.65. The predicted molar refractivity (Wildman–Crippen MR) is 67.8 cm³/mol. The first-order valence-electron chi connectivity index (χ1n) is 5.87. The molecule has 0 saturated carbocycles.